The molecule has 1 aliphatic heterocycles. The summed E-state index contributed by atoms with van der Waals surface area (Å²) in [5.41, 5.74) is 5.13. The molecule has 38 heavy (non-hydrogen) atoms. The van der Waals surface area contributed by atoms with Crippen LogP contribution in [0.2, 0.25) is 0 Å². The van der Waals surface area contributed by atoms with Gasteiger partial charge in [-0.3, -0.25) is 4.48 Å². The molecule has 0 radical (unpaired) electrons. The van der Waals surface area contributed by atoms with Crippen LogP contribution in [0.4, 0.5) is 11.4 Å². The number of anilines is 1. The summed E-state index contributed by atoms with van der Waals surface area (Å²) >= 11 is 0. The maximum absolute atomic E-state index is 6.60. The maximum atomic E-state index is 6.60. The molecule has 0 unspecified atom stereocenters. The van der Waals surface area contributed by atoms with Crippen molar-refractivity contribution in [2.24, 2.45) is 0 Å². The van der Waals surface area contributed by atoms with Gasteiger partial charge in [0.1, 0.15) is 54.1 Å². The van der Waals surface area contributed by atoms with Gasteiger partial charge in [0.2, 0.25) is 5.36 Å². The number of nitrogens with zero attached hydrogens (tertiary/aromatic N) is 3. The second-order valence-electron chi connectivity index (χ2n) is 10.5. The number of hydrogen-bond acceptors (Lipinski definition) is 6. The van der Waals surface area contributed by atoms with Crippen molar-refractivity contribution in [3.63, 3.8) is 0 Å². The molecule has 8 nitrogen and oxygen atoms in total. The van der Waals surface area contributed by atoms with E-state index in [9.17, 15) is 0 Å². The molecule has 2 aromatic carbocycles. The lowest BCUT2D eigenvalue weighted by Gasteiger charge is -2.27. The van der Waals surface area contributed by atoms with Crippen LogP contribution in [0, 0.1) is 0 Å². The van der Waals surface area contributed by atoms with Crippen LogP contribution in [-0.2, 0) is 0 Å². The lowest BCUT2D eigenvalue weighted by molar-refractivity contribution is 0.392. The smallest absolute Gasteiger partial charge is 0.206 e. The Kier molecular flexibility index (Phi) is 7.21. The SMILES string of the molecule is COc1cc([N+](C)(C)C)cc(OC)c1-c1c2c(OC)cc(=[N+](C)C)cc-2oc2cc(N(C)C)cc(OC)c12. The molecule has 2 aromatic rings. The minimum absolute atomic E-state index is 0.601. The lowest BCUT2D eigenvalue weighted by atomic mass is 9.90. The molecule has 0 aromatic heterocycles. The Balaban J connectivity index is 2.35. The van der Waals surface area contributed by atoms with Crippen LogP contribution in [0.5, 0.6) is 23.0 Å². The molecule has 0 N–H and O–H groups in total. The summed E-state index contributed by atoms with van der Waals surface area (Å²) in [6.07, 6.45) is 0. The van der Waals surface area contributed by atoms with E-state index < -0.39 is 0 Å². The van der Waals surface area contributed by atoms with Gasteiger partial charge in [-0.25, -0.2) is 4.58 Å². The van der Waals surface area contributed by atoms with E-state index in [1.165, 1.54) is 0 Å². The van der Waals surface area contributed by atoms with Crippen molar-refractivity contribution < 1.29 is 23.4 Å². The second kappa shape index (κ2) is 10.1. The molecule has 1 aliphatic carbocycles. The summed E-state index contributed by atoms with van der Waals surface area (Å²) < 4.78 is 33.2. The standard InChI is InChI=1S/C30H39N3O5/c1-31(2)18-12-21(34-8)28-25(14-18)38-26-15-19(32(3)4)13-22(35-9)29(26)30(28)27-23(36-10)16-20(33(5,6)7)17-24(27)37-11/h12-17H,1-11H3/q+2. The number of methoxy groups -OCH3 is 4. The Morgan fingerprint density at radius 1 is 0.684 bits per heavy atom. The van der Waals surface area contributed by atoms with Crippen LogP contribution < -0.4 is 38.3 Å². The minimum atomic E-state index is 0.601. The molecule has 8 heteroatoms. The Labute approximate surface area is 224 Å². The van der Waals surface area contributed by atoms with E-state index in [2.05, 4.69) is 33.3 Å². The van der Waals surface area contributed by atoms with Gasteiger partial charge in [0.25, 0.3) is 0 Å². The molecule has 202 valence electrons. The highest BCUT2D eigenvalue weighted by atomic mass is 16.5. The van der Waals surface area contributed by atoms with E-state index in [0.29, 0.717) is 38.8 Å². The summed E-state index contributed by atoms with van der Waals surface area (Å²) in [6, 6.07) is 12.2. The molecule has 4 rings (SSSR count). The highest BCUT2D eigenvalue weighted by Crippen LogP contribution is 2.53. The number of hydrogen-bond donors (Lipinski definition) is 0. The van der Waals surface area contributed by atoms with Gasteiger partial charge in [0.15, 0.2) is 0 Å². The van der Waals surface area contributed by atoms with Crippen molar-refractivity contribution in [1.82, 2.24) is 9.06 Å². The normalized spacial score (nSPS) is 11.6. The van der Waals surface area contributed by atoms with Crippen LogP contribution >= 0.6 is 0 Å². The van der Waals surface area contributed by atoms with E-state index in [1.54, 1.807) is 28.4 Å². The third-order valence-corrected chi connectivity index (χ3v) is 6.81. The molecule has 2 aliphatic rings. The van der Waals surface area contributed by atoms with E-state index in [0.717, 1.165) is 38.8 Å². The molecule has 0 amide bonds. The fourth-order valence-corrected chi connectivity index (χ4v) is 4.67. The zero-order valence-corrected chi connectivity index (χ0v) is 24.3. The highest BCUT2D eigenvalue weighted by Gasteiger charge is 2.31. The van der Waals surface area contributed by atoms with E-state index >= 15 is 0 Å². The zero-order valence-electron chi connectivity index (χ0n) is 24.3. The van der Waals surface area contributed by atoms with Gasteiger partial charge >= 0.3 is 0 Å². The minimum Gasteiger partial charge on any atom is -0.496 e. The molecule has 0 spiro atoms. The highest BCUT2D eigenvalue weighted by molar-refractivity contribution is 6.09. The lowest BCUT2D eigenvalue weighted by Crippen LogP contribution is -2.34. The van der Waals surface area contributed by atoms with Crippen LogP contribution in [0.15, 0.2) is 40.8 Å². The Morgan fingerprint density at radius 2 is 1.24 bits per heavy atom. The fraction of sp³-hybridized carbons (Fsp3) is 0.367. The molecular weight excluding hydrogens is 482 g/mol. The summed E-state index contributed by atoms with van der Waals surface area (Å²) in [7, 11) is 21.0. The van der Waals surface area contributed by atoms with Crippen LogP contribution in [-0.4, -0.2) is 77.8 Å². The Bertz CT molecular complexity index is 1520. The molecule has 0 bridgehead atoms. The third kappa shape index (κ3) is 4.60. The van der Waals surface area contributed by atoms with Gasteiger partial charge < -0.3 is 28.3 Å². The third-order valence-electron chi connectivity index (χ3n) is 6.81. The Morgan fingerprint density at radius 3 is 1.71 bits per heavy atom. The van der Waals surface area contributed by atoms with E-state index in [4.69, 9.17) is 23.4 Å². The summed E-state index contributed by atoms with van der Waals surface area (Å²) in [5.74, 6) is 3.38. The van der Waals surface area contributed by atoms with E-state index in [1.807, 2.05) is 61.9 Å². The van der Waals surface area contributed by atoms with Crippen LogP contribution in [0.3, 0.4) is 0 Å². The maximum Gasteiger partial charge on any atom is 0.206 e. The molecule has 0 fully saturated rings. The predicted molar refractivity (Wildman–Crippen MR) is 155 cm³/mol. The summed E-state index contributed by atoms with van der Waals surface area (Å²) in [6.45, 7) is 0. The first-order valence-corrected chi connectivity index (χ1v) is 12.4. The van der Waals surface area contributed by atoms with Gasteiger partial charge in [-0.1, -0.05) is 0 Å². The quantitative estimate of drug-likeness (QED) is 0.202. The van der Waals surface area contributed by atoms with E-state index in [-0.39, 0.29) is 0 Å². The van der Waals surface area contributed by atoms with Gasteiger partial charge in [-0.2, -0.15) is 0 Å². The van der Waals surface area contributed by atoms with Crippen molar-refractivity contribution in [3.8, 4) is 45.4 Å². The van der Waals surface area contributed by atoms with Gasteiger partial charge in [0, 0.05) is 49.6 Å². The Hall–Kier alpha value is -3.91. The van der Waals surface area contributed by atoms with Crippen molar-refractivity contribution >= 4 is 22.3 Å². The molecule has 0 atom stereocenters. The number of rotatable bonds is 7. The summed E-state index contributed by atoms with van der Waals surface area (Å²) in [5, 5.41) is 1.76. The van der Waals surface area contributed by atoms with Crippen molar-refractivity contribution in [3.05, 3.63) is 41.8 Å². The summed E-state index contributed by atoms with van der Waals surface area (Å²) in [4.78, 5) is 2.02. The fourth-order valence-electron chi connectivity index (χ4n) is 4.67. The number of fused-ring (bicyclic) bond motifs is 2. The average molecular weight is 522 g/mol. The first-order chi connectivity index (χ1) is 17.9. The first-order valence-electron chi connectivity index (χ1n) is 12.4. The molecular formula is C30H39N3O5+2. The van der Waals surface area contributed by atoms with Crippen molar-refractivity contribution in [2.45, 2.75) is 0 Å². The van der Waals surface area contributed by atoms with Crippen LogP contribution in [0.1, 0.15) is 0 Å². The number of quaternary nitrogens is 1. The monoisotopic (exact) mass is 521 g/mol. The largest absolute Gasteiger partial charge is 0.496 e. The molecule has 1 heterocycles. The number of benzene rings is 3. The van der Waals surface area contributed by atoms with Gasteiger partial charge in [0.05, 0.1) is 78.2 Å². The predicted octanol–water partition coefficient (Wildman–Crippen LogP) is 4.53. The van der Waals surface area contributed by atoms with Crippen molar-refractivity contribution in [2.75, 3.05) is 82.7 Å². The van der Waals surface area contributed by atoms with Crippen molar-refractivity contribution in [1.29, 1.82) is 0 Å². The van der Waals surface area contributed by atoms with Gasteiger partial charge in [-0.15, -0.1) is 0 Å². The molecule has 0 saturated heterocycles. The zero-order chi connectivity index (χ0) is 27.9. The second-order valence-corrected chi connectivity index (χ2v) is 10.5. The van der Waals surface area contributed by atoms with Gasteiger partial charge in [-0.05, 0) is 0 Å². The van der Waals surface area contributed by atoms with Crippen LogP contribution in [0.25, 0.3) is 33.4 Å². The topological polar surface area (TPSA) is 56.3 Å². The first kappa shape index (κ1) is 27.1. The average Bonchev–Trinajstić information content (AvgIpc) is 2.88. The number of ether oxygens (including phenoxy) is 4. The molecule has 0 saturated carbocycles.